The fourth-order valence-corrected chi connectivity index (χ4v) is 3.27. The lowest BCUT2D eigenvalue weighted by Crippen LogP contribution is -2.07. The van der Waals surface area contributed by atoms with Gasteiger partial charge in [-0.15, -0.1) is 11.8 Å². The molecule has 1 aliphatic rings. The van der Waals surface area contributed by atoms with Gasteiger partial charge in [0.05, 0.1) is 6.61 Å². The molecule has 2 atom stereocenters. The molecular weight excluding hydrogens is 204 g/mol. The van der Waals surface area contributed by atoms with E-state index in [1.165, 1.54) is 5.56 Å². The summed E-state index contributed by atoms with van der Waals surface area (Å²) in [6.07, 6.45) is 3.36. The van der Waals surface area contributed by atoms with Gasteiger partial charge in [0, 0.05) is 16.1 Å². The lowest BCUT2D eigenvalue weighted by atomic mass is 9.94. The Morgan fingerprint density at radius 3 is 2.60 bits per heavy atom. The van der Waals surface area contributed by atoms with Gasteiger partial charge in [0.15, 0.2) is 0 Å². The van der Waals surface area contributed by atoms with E-state index in [9.17, 15) is 0 Å². The Kier molecular flexibility index (Phi) is 3.49. The van der Waals surface area contributed by atoms with Crippen LogP contribution in [0.15, 0.2) is 41.3 Å². The Balaban J connectivity index is 2.24. The Bertz CT molecular complexity index is 345. The van der Waals surface area contributed by atoms with Crippen LogP contribution < -0.4 is 0 Å². The predicted octanol–water partition coefficient (Wildman–Crippen LogP) is 3.17. The van der Waals surface area contributed by atoms with Crippen molar-refractivity contribution in [3.05, 3.63) is 46.9 Å². The third-order valence-electron chi connectivity index (χ3n) is 2.81. The summed E-state index contributed by atoms with van der Waals surface area (Å²) in [6.45, 7) is 2.40. The molecule has 0 amide bonds. The molecule has 0 radical (unpaired) electrons. The van der Waals surface area contributed by atoms with Crippen LogP contribution in [0, 0.1) is 0 Å². The molecular formula is C13H16OS. The van der Waals surface area contributed by atoms with Crippen LogP contribution in [0.4, 0.5) is 0 Å². The van der Waals surface area contributed by atoms with Gasteiger partial charge in [-0.1, -0.05) is 43.3 Å². The summed E-state index contributed by atoms with van der Waals surface area (Å²) in [5.74, 6) is 0.475. The first-order valence-corrected chi connectivity index (χ1v) is 6.26. The number of hydrogen-bond acceptors (Lipinski definition) is 2. The molecule has 1 aliphatic heterocycles. The van der Waals surface area contributed by atoms with Crippen molar-refractivity contribution in [1.29, 1.82) is 0 Å². The first-order chi connectivity index (χ1) is 7.35. The zero-order valence-electron chi connectivity index (χ0n) is 8.89. The second-order valence-corrected chi connectivity index (χ2v) is 5.16. The van der Waals surface area contributed by atoms with Crippen molar-refractivity contribution in [2.24, 2.45) is 0 Å². The van der Waals surface area contributed by atoms with Crippen molar-refractivity contribution in [3.63, 3.8) is 0 Å². The molecule has 2 heteroatoms. The van der Waals surface area contributed by atoms with Gasteiger partial charge in [-0.25, -0.2) is 0 Å². The number of thioether (sulfide) groups is 1. The normalized spacial score (nSPS) is 25.3. The monoisotopic (exact) mass is 220 g/mol. The van der Waals surface area contributed by atoms with Crippen LogP contribution in [0.2, 0.25) is 0 Å². The van der Waals surface area contributed by atoms with Crippen LogP contribution in [-0.2, 0) is 0 Å². The van der Waals surface area contributed by atoms with E-state index in [1.54, 1.807) is 0 Å². The molecule has 80 valence electrons. The predicted molar refractivity (Wildman–Crippen MR) is 66.0 cm³/mol. The molecule has 0 saturated carbocycles. The third kappa shape index (κ3) is 2.27. The molecule has 1 N–H and O–H groups in total. The molecule has 0 fully saturated rings. The second-order valence-electron chi connectivity index (χ2n) is 3.79. The van der Waals surface area contributed by atoms with Crippen LogP contribution in [0.1, 0.15) is 24.8 Å². The lowest BCUT2D eigenvalue weighted by molar-refractivity contribution is 0.339. The number of rotatable bonds is 3. The van der Waals surface area contributed by atoms with Crippen molar-refractivity contribution in [3.8, 4) is 0 Å². The number of benzene rings is 1. The molecule has 0 bridgehead atoms. The van der Waals surface area contributed by atoms with Crippen molar-refractivity contribution in [2.75, 3.05) is 6.61 Å². The van der Waals surface area contributed by atoms with E-state index in [4.69, 9.17) is 5.11 Å². The van der Waals surface area contributed by atoms with Crippen LogP contribution in [0.3, 0.4) is 0 Å². The molecule has 1 nitrogen and oxygen atoms in total. The maximum atomic E-state index is 9.15. The first kappa shape index (κ1) is 10.8. The zero-order valence-corrected chi connectivity index (χ0v) is 9.70. The number of hydrogen-bond donors (Lipinski definition) is 1. The van der Waals surface area contributed by atoms with Crippen LogP contribution in [-0.4, -0.2) is 17.0 Å². The highest BCUT2D eigenvalue weighted by molar-refractivity contribution is 8.04. The molecule has 1 heterocycles. The Labute approximate surface area is 95.2 Å². The minimum atomic E-state index is 0.185. The van der Waals surface area contributed by atoms with Crippen LogP contribution in [0.25, 0.3) is 0 Å². The topological polar surface area (TPSA) is 20.2 Å². The van der Waals surface area contributed by atoms with Gasteiger partial charge < -0.3 is 5.11 Å². The van der Waals surface area contributed by atoms with E-state index in [2.05, 4.69) is 37.3 Å². The average Bonchev–Trinajstić information content (AvgIpc) is 2.73. The van der Waals surface area contributed by atoms with Gasteiger partial charge in [0.1, 0.15) is 0 Å². The summed E-state index contributed by atoms with van der Waals surface area (Å²) in [5, 5.41) is 9.75. The fraction of sp³-hybridized carbons (Fsp3) is 0.385. The van der Waals surface area contributed by atoms with Gasteiger partial charge in [-0.05, 0) is 12.0 Å². The zero-order chi connectivity index (χ0) is 10.7. The van der Waals surface area contributed by atoms with Crippen molar-refractivity contribution in [2.45, 2.75) is 24.5 Å². The van der Waals surface area contributed by atoms with Crippen LogP contribution in [0.5, 0.6) is 0 Å². The van der Waals surface area contributed by atoms with Crippen molar-refractivity contribution >= 4 is 11.8 Å². The summed E-state index contributed by atoms with van der Waals surface area (Å²) < 4.78 is 0. The quantitative estimate of drug-likeness (QED) is 0.844. The van der Waals surface area contributed by atoms with Gasteiger partial charge in [0.2, 0.25) is 0 Å². The average molecular weight is 220 g/mol. The van der Waals surface area contributed by atoms with E-state index in [1.807, 2.05) is 17.8 Å². The summed E-state index contributed by atoms with van der Waals surface area (Å²) in [5.41, 5.74) is 1.36. The van der Waals surface area contributed by atoms with E-state index in [0.717, 1.165) is 11.3 Å². The van der Waals surface area contributed by atoms with Gasteiger partial charge >= 0.3 is 0 Å². The highest BCUT2D eigenvalue weighted by Gasteiger charge is 2.27. The van der Waals surface area contributed by atoms with Gasteiger partial charge in [0.25, 0.3) is 0 Å². The van der Waals surface area contributed by atoms with Crippen LogP contribution >= 0.6 is 11.8 Å². The molecule has 15 heavy (non-hydrogen) atoms. The maximum Gasteiger partial charge on any atom is 0.0737 e. The molecule has 0 aliphatic carbocycles. The molecule has 2 rings (SSSR count). The molecule has 1 aromatic carbocycles. The third-order valence-corrected chi connectivity index (χ3v) is 4.31. The molecule has 1 aromatic rings. The highest BCUT2D eigenvalue weighted by Crippen LogP contribution is 2.43. The van der Waals surface area contributed by atoms with E-state index < -0.39 is 0 Å². The minimum absolute atomic E-state index is 0.185. The summed E-state index contributed by atoms with van der Waals surface area (Å²) in [7, 11) is 0. The smallest absolute Gasteiger partial charge is 0.0737 e. The minimum Gasteiger partial charge on any atom is -0.391 e. The van der Waals surface area contributed by atoms with Gasteiger partial charge in [-0.3, -0.25) is 0 Å². The lowest BCUT2D eigenvalue weighted by Gasteiger charge is -2.16. The maximum absolute atomic E-state index is 9.15. The van der Waals surface area contributed by atoms with Crippen molar-refractivity contribution < 1.29 is 5.11 Å². The summed E-state index contributed by atoms with van der Waals surface area (Å²) in [4.78, 5) is 1.12. The van der Waals surface area contributed by atoms with Gasteiger partial charge in [-0.2, -0.15) is 0 Å². The second kappa shape index (κ2) is 4.86. The Morgan fingerprint density at radius 2 is 2.00 bits per heavy atom. The van der Waals surface area contributed by atoms with E-state index in [0.29, 0.717) is 11.2 Å². The van der Waals surface area contributed by atoms with Crippen molar-refractivity contribution in [1.82, 2.24) is 0 Å². The summed E-state index contributed by atoms with van der Waals surface area (Å²) >= 11 is 1.82. The Morgan fingerprint density at radius 1 is 1.27 bits per heavy atom. The number of aliphatic hydroxyl groups excluding tert-OH is 1. The largest absolute Gasteiger partial charge is 0.391 e. The van der Waals surface area contributed by atoms with E-state index >= 15 is 0 Å². The summed E-state index contributed by atoms with van der Waals surface area (Å²) in [6, 6.07) is 10.5. The van der Waals surface area contributed by atoms with E-state index in [-0.39, 0.29) is 6.61 Å². The molecule has 0 saturated heterocycles. The molecule has 0 aromatic heterocycles. The SMILES string of the molecule is CCC1SC(CO)=CC1c1ccccc1. The standard InChI is InChI=1S/C13H16OS/c1-2-13-12(8-11(9-14)15-13)10-6-4-3-5-7-10/h3-8,12-14H,2,9H2,1H3. The first-order valence-electron chi connectivity index (χ1n) is 5.38. The molecule has 2 unspecified atom stereocenters. The highest BCUT2D eigenvalue weighted by atomic mass is 32.2. The number of allylic oxidation sites excluding steroid dienone is 1. The fourth-order valence-electron chi connectivity index (χ4n) is 2.03. The number of aliphatic hydroxyl groups is 1. The Hall–Kier alpha value is -0.730. The molecule has 0 spiro atoms.